The van der Waals surface area contributed by atoms with Crippen LogP contribution >= 0.6 is 23.2 Å². The van der Waals surface area contributed by atoms with E-state index >= 15 is 0 Å². The first-order chi connectivity index (χ1) is 12.8. The van der Waals surface area contributed by atoms with Gasteiger partial charge in [-0.25, -0.2) is 13.2 Å². The van der Waals surface area contributed by atoms with Crippen LogP contribution in [-0.4, -0.2) is 29.3 Å². The number of carbonyl (C=O) groups excluding carboxylic acids is 2. The van der Waals surface area contributed by atoms with Gasteiger partial charge in [0.05, 0.1) is 16.3 Å². The zero-order valence-electron chi connectivity index (χ0n) is 13.7. The number of hydrogen-bond donors (Lipinski definition) is 1. The van der Waals surface area contributed by atoms with Crippen molar-refractivity contribution in [2.45, 2.75) is 18.9 Å². The summed E-state index contributed by atoms with van der Waals surface area (Å²) in [4.78, 5) is 26.6. The largest absolute Gasteiger partial charge is 0.327 e. The molecule has 27 heavy (non-hydrogen) atoms. The normalized spacial score (nSPS) is 16.5. The molecule has 9 heteroatoms. The molecule has 4 nitrogen and oxygen atoms in total. The van der Waals surface area contributed by atoms with E-state index in [1.807, 2.05) is 0 Å². The van der Waals surface area contributed by atoms with E-state index in [1.54, 1.807) is 0 Å². The molecule has 3 rings (SSSR count). The highest BCUT2D eigenvalue weighted by atomic mass is 35.5. The monoisotopic (exact) mass is 416 g/mol. The minimum Gasteiger partial charge on any atom is -0.327 e. The number of likely N-dealkylation sites (tertiary alicyclic amines) is 1. The molecule has 1 heterocycles. The van der Waals surface area contributed by atoms with Crippen molar-refractivity contribution in [1.82, 2.24) is 4.90 Å². The van der Waals surface area contributed by atoms with Gasteiger partial charge in [0.1, 0.15) is 6.04 Å². The Bertz CT molecular complexity index is 924. The van der Waals surface area contributed by atoms with Crippen molar-refractivity contribution in [3.8, 4) is 0 Å². The van der Waals surface area contributed by atoms with E-state index in [1.165, 1.54) is 23.1 Å². The molecule has 1 saturated heterocycles. The molecule has 2 aromatic carbocycles. The smallest absolute Gasteiger partial charge is 0.256 e. The summed E-state index contributed by atoms with van der Waals surface area (Å²) in [6.45, 7) is 0.292. The molecule has 1 atom stereocenters. The summed E-state index contributed by atoms with van der Waals surface area (Å²) in [5.41, 5.74) is -0.359. The Morgan fingerprint density at radius 1 is 1.07 bits per heavy atom. The van der Waals surface area contributed by atoms with Crippen LogP contribution < -0.4 is 5.32 Å². The molecule has 0 aromatic heterocycles. The molecule has 2 aromatic rings. The third-order valence-electron chi connectivity index (χ3n) is 4.27. The number of benzene rings is 2. The van der Waals surface area contributed by atoms with Crippen LogP contribution in [0.2, 0.25) is 10.0 Å². The molecule has 142 valence electrons. The Labute approximate surface area is 162 Å². The standard InChI is InChI=1S/C18H13Cl2F3N2O2/c19-9-3-4-11(20)10(8-9)18(27)25-7-1-2-14(25)17(26)24-13-6-5-12(21)15(22)16(13)23/h3-6,8,14H,1-2,7H2,(H,24,26)/t14-/m0/s1. The molecule has 0 spiro atoms. The van der Waals surface area contributed by atoms with Crippen molar-refractivity contribution in [1.29, 1.82) is 0 Å². The minimum absolute atomic E-state index is 0.142. The highest BCUT2D eigenvalue weighted by Crippen LogP contribution is 2.27. The second-order valence-corrected chi connectivity index (χ2v) is 6.84. The van der Waals surface area contributed by atoms with E-state index in [9.17, 15) is 22.8 Å². The summed E-state index contributed by atoms with van der Waals surface area (Å²) >= 11 is 11.9. The lowest BCUT2D eigenvalue weighted by Crippen LogP contribution is -2.43. The molecule has 0 saturated carbocycles. The number of nitrogens with zero attached hydrogens (tertiary/aromatic N) is 1. The SMILES string of the molecule is O=C(Nc1ccc(F)c(F)c1F)[C@@H]1CCCN1C(=O)c1cc(Cl)ccc1Cl. The van der Waals surface area contributed by atoms with Gasteiger partial charge in [0.2, 0.25) is 5.91 Å². The Kier molecular flexibility index (Phi) is 5.62. The Morgan fingerprint density at radius 3 is 2.56 bits per heavy atom. The van der Waals surface area contributed by atoms with E-state index in [0.29, 0.717) is 30.5 Å². The Morgan fingerprint density at radius 2 is 1.81 bits per heavy atom. The van der Waals surface area contributed by atoms with E-state index in [-0.39, 0.29) is 10.6 Å². The fourth-order valence-corrected chi connectivity index (χ4v) is 3.31. The van der Waals surface area contributed by atoms with Gasteiger partial charge in [-0.05, 0) is 43.2 Å². The van der Waals surface area contributed by atoms with Gasteiger partial charge in [0, 0.05) is 11.6 Å². The zero-order chi connectivity index (χ0) is 19.7. The van der Waals surface area contributed by atoms with Crippen LogP contribution in [0.15, 0.2) is 30.3 Å². The van der Waals surface area contributed by atoms with E-state index in [2.05, 4.69) is 5.32 Å². The highest BCUT2D eigenvalue weighted by Gasteiger charge is 2.35. The molecule has 1 fully saturated rings. The lowest BCUT2D eigenvalue weighted by Gasteiger charge is -2.24. The molecule has 0 aliphatic carbocycles. The van der Waals surface area contributed by atoms with E-state index in [0.717, 1.165) is 6.07 Å². The minimum atomic E-state index is -1.68. The number of anilines is 1. The summed E-state index contributed by atoms with van der Waals surface area (Å²) in [7, 11) is 0. The zero-order valence-corrected chi connectivity index (χ0v) is 15.3. The first kappa shape index (κ1) is 19.5. The molecular weight excluding hydrogens is 404 g/mol. The van der Waals surface area contributed by atoms with Crippen LogP contribution in [0.3, 0.4) is 0 Å². The molecule has 0 bridgehead atoms. The fraction of sp³-hybridized carbons (Fsp3) is 0.222. The second kappa shape index (κ2) is 7.78. The van der Waals surface area contributed by atoms with Crippen molar-refractivity contribution < 1.29 is 22.8 Å². The third kappa shape index (κ3) is 3.89. The number of rotatable bonds is 3. The van der Waals surface area contributed by atoms with Gasteiger partial charge in [-0.1, -0.05) is 23.2 Å². The van der Waals surface area contributed by atoms with Crippen molar-refractivity contribution in [2.24, 2.45) is 0 Å². The van der Waals surface area contributed by atoms with E-state index in [4.69, 9.17) is 23.2 Å². The number of carbonyl (C=O) groups is 2. The van der Waals surface area contributed by atoms with Gasteiger partial charge in [-0.3, -0.25) is 9.59 Å². The molecule has 1 aliphatic heterocycles. The summed E-state index contributed by atoms with van der Waals surface area (Å²) < 4.78 is 40.1. The van der Waals surface area contributed by atoms with Crippen LogP contribution in [0, 0.1) is 17.5 Å². The number of hydrogen-bond acceptors (Lipinski definition) is 2. The first-order valence-electron chi connectivity index (χ1n) is 8.00. The van der Waals surface area contributed by atoms with Gasteiger partial charge in [-0.15, -0.1) is 0 Å². The highest BCUT2D eigenvalue weighted by molar-refractivity contribution is 6.35. The predicted molar refractivity (Wildman–Crippen MR) is 95.5 cm³/mol. The summed E-state index contributed by atoms with van der Waals surface area (Å²) in [5, 5.41) is 2.70. The van der Waals surface area contributed by atoms with Gasteiger partial charge in [0.25, 0.3) is 5.91 Å². The fourth-order valence-electron chi connectivity index (χ4n) is 2.94. The van der Waals surface area contributed by atoms with Crippen LogP contribution in [0.25, 0.3) is 0 Å². The molecule has 0 unspecified atom stereocenters. The third-order valence-corrected chi connectivity index (χ3v) is 4.83. The van der Waals surface area contributed by atoms with Gasteiger partial charge >= 0.3 is 0 Å². The van der Waals surface area contributed by atoms with Gasteiger partial charge in [0.15, 0.2) is 17.5 Å². The lowest BCUT2D eigenvalue weighted by atomic mass is 10.1. The van der Waals surface area contributed by atoms with Crippen LogP contribution in [0.4, 0.5) is 18.9 Å². The Balaban J connectivity index is 1.82. The number of nitrogens with one attached hydrogen (secondary N) is 1. The summed E-state index contributed by atoms with van der Waals surface area (Å²) in [6, 6.07) is 5.12. The molecule has 1 N–H and O–H groups in total. The predicted octanol–water partition coefficient (Wildman–Crippen LogP) is 4.65. The van der Waals surface area contributed by atoms with Crippen molar-refractivity contribution in [3.05, 3.63) is 63.4 Å². The second-order valence-electron chi connectivity index (χ2n) is 5.99. The molecule has 2 amide bonds. The van der Waals surface area contributed by atoms with Crippen LogP contribution in [0.5, 0.6) is 0 Å². The lowest BCUT2D eigenvalue weighted by molar-refractivity contribution is -0.119. The average Bonchev–Trinajstić information content (AvgIpc) is 3.13. The molecule has 1 aliphatic rings. The van der Waals surface area contributed by atoms with Crippen molar-refractivity contribution in [3.63, 3.8) is 0 Å². The van der Waals surface area contributed by atoms with Gasteiger partial charge in [-0.2, -0.15) is 0 Å². The number of halogens is 5. The maximum absolute atomic E-state index is 13.8. The topological polar surface area (TPSA) is 49.4 Å². The summed E-state index contributed by atoms with van der Waals surface area (Å²) in [5.74, 6) is -5.75. The maximum atomic E-state index is 13.8. The quantitative estimate of drug-likeness (QED) is 0.740. The van der Waals surface area contributed by atoms with Crippen molar-refractivity contribution >= 4 is 40.7 Å². The average molecular weight is 417 g/mol. The molecular formula is C18H13Cl2F3N2O2. The van der Waals surface area contributed by atoms with Crippen LogP contribution in [-0.2, 0) is 4.79 Å². The van der Waals surface area contributed by atoms with Gasteiger partial charge < -0.3 is 10.2 Å². The Hall–Kier alpha value is -2.25. The van der Waals surface area contributed by atoms with Crippen molar-refractivity contribution in [2.75, 3.05) is 11.9 Å². The number of amides is 2. The molecule has 0 radical (unpaired) electrons. The summed E-state index contributed by atoms with van der Waals surface area (Å²) in [6.07, 6.45) is 0.878. The van der Waals surface area contributed by atoms with E-state index < -0.39 is 41.0 Å². The van der Waals surface area contributed by atoms with Crippen LogP contribution in [0.1, 0.15) is 23.2 Å². The maximum Gasteiger partial charge on any atom is 0.256 e. The first-order valence-corrected chi connectivity index (χ1v) is 8.75.